The van der Waals surface area contributed by atoms with Gasteiger partial charge in [0, 0.05) is 5.92 Å². The largest absolute Gasteiger partial charge is 0.459 e. The Labute approximate surface area is 171 Å². The first-order valence-corrected chi connectivity index (χ1v) is 10.2. The molecule has 0 radical (unpaired) electrons. The molecule has 0 bridgehead atoms. The van der Waals surface area contributed by atoms with Crippen LogP contribution in [-0.4, -0.2) is 75.6 Å². The van der Waals surface area contributed by atoms with Crippen molar-refractivity contribution >= 4 is 17.9 Å². The fourth-order valence-electron chi connectivity index (χ4n) is 8.28. The number of esters is 3. The maximum Gasteiger partial charge on any atom is 0.340 e. The average molecular weight is 424 g/mol. The second-order valence-electron chi connectivity index (χ2n) is 10.6. The molecule has 12 atom stereocenters. The molecular formula is C20H24O10. The molecule has 10 nitrogen and oxygen atoms in total. The van der Waals surface area contributed by atoms with Gasteiger partial charge in [0.05, 0.1) is 28.8 Å². The molecule has 0 aromatic carbocycles. The maximum atomic E-state index is 13.3. The van der Waals surface area contributed by atoms with Crippen LogP contribution in [0.3, 0.4) is 0 Å². The van der Waals surface area contributed by atoms with E-state index in [0.29, 0.717) is 0 Å². The van der Waals surface area contributed by atoms with E-state index in [0.717, 1.165) is 0 Å². The van der Waals surface area contributed by atoms with E-state index in [4.69, 9.17) is 18.9 Å². The topological polar surface area (TPSA) is 149 Å². The zero-order valence-corrected chi connectivity index (χ0v) is 16.9. The molecule has 0 amide bonds. The van der Waals surface area contributed by atoms with Crippen LogP contribution >= 0.6 is 0 Å². The minimum absolute atomic E-state index is 0.581. The summed E-state index contributed by atoms with van der Waals surface area (Å²) < 4.78 is 22.7. The molecule has 6 fully saturated rings. The van der Waals surface area contributed by atoms with Crippen LogP contribution in [0.15, 0.2) is 0 Å². The van der Waals surface area contributed by atoms with Crippen molar-refractivity contribution in [2.75, 3.05) is 0 Å². The fourth-order valence-corrected chi connectivity index (χ4v) is 8.28. The Morgan fingerprint density at radius 3 is 2.27 bits per heavy atom. The van der Waals surface area contributed by atoms with Crippen LogP contribution in [0.4, 0.5) is 0 Å². The summed E-state index contributed by atoms with van der Waals surface area (Å²) >= 11 is 0. The number of aliphatic hydroxyl groups excluding tert-OH is 3. The predicted molar refractivity (Wildman–Crippen MR) is 91.9 cm³/mol. The number of carbonyl (C=O) groups excluding carboxylic acids is 3. The van der Waals surface area contributed by atoms with Crippen molar-refractivity contribution in [1.29, 1.82) is 0 Å². The van der Waals surface area contributed by atoms with Gasteiger partial charge in [0.1, 0.15) is 18.3 Å². The van der Waals surface area contributed by atoms with Crippen molar-refractivity contribution in [2.24, 2.45) is 34.0 Å². The second-order valence-corrected chi connectivity index (χ2v) is 10.6. The Hall–Kier alpha value is -1.75. The van der Waals surface area contributed by atoms with Gasteiger partial charge in [-0.3, -0.25) is 4.79 Å². The molecule has 164 valence electrons. The second kappa shape index (κ2) is 4.85. The molecule has 6 rings (SSSR count). The van der Waals surface area contributed by atoms with E-state index in [1.807, 2.05) is 20.8 Å². The van der Waals surface area contributed by atoms with E-state index in [2.05, 4.69) is 0 Å². The Morgan fingerprint density at radius 2 is 1.63 bits per heavy atom. The van der Waals surface area contributed by atoms with Gasteiger partial charge in [0.15, 0.2) is 11.7 Å². The molecule has 6 unspecified atom stereocenters. The number of ether oxygens (including phenoxy) is 4. The number of fused-ring (bicyclic) bond motifs is 1. The molecule has 2 aliphatic carbocycles. The molecule has 0 aromatic heterocycles. The smallest absolute Gasteiger partial charge is 0.340 e. The van der Waals surface area contributed by atoms with Gasteiger partial charge in [-0.2, -0.15) is 0 Å². The van der Waals surface area contributed by atoms with Crippen LogP contribution in [-0.2, 0) is 33.3 Å². The molecule has 30 heavy (non-hydrogen) atoms. The van der Waals surface area contributed by atoms with Crippen LogP contribution in [0.25, 0.3) is 0 Å². The Bertz CT molecular complexity index is 910. The highest BCUT2D eigenvalue weighted by molar-refractivity contribution is 5.92. The molecule has 4 aliphatic heterocycles. The van der Waals surface area contributed by atoms with Crippen molar-refractivity contribution in [3.8, 4) is 0 Å². The molecule has 2 spiro atoms. The quantitative estimate of drug-likeness (QED) is 0.309. The van der Waals surface area contributed by atoms with Crippen LogP contribution in [0.5, 0.6) is 0 Å². The molecule has 0 aromatic rings. The van der Waals surface area contributed by atoms with Crippen LogP contribution in [0.2, 0.25) is 0 Å². The molecular weight excluding hydrogens is 400 g/mol. The Balaban J connectivity index is 1.71. The number of carbonyl (C=O) groups is 3. The highest BCUT2D eigenvalue weighted by atomic mass is 16.7. The summed E-state index contributed by atoms with van der Waals surface area (Å²) in [6, 6.07) is 0. The van der Waals surface area contributed by atoms with Gasteiger partial charge < -0.3 is 34.3 Å². The van der Waals surface area contributed by atoms with Crippen molar-refractivity contribution in [3.63, 3.8) is 0 Å². The summed E-state index contributed by atoms with van der Waals surface area (Å²) in [6.07, 6.45) is -8.29. The van der Waals surface area contributed by atoms with Crippen LogP contribution < -0.4 is 0 Å². The molecule has 4 heterocycles. The molecule has 10 heteroatoms. The minimum atomic E-state index is -1.89. The van der Waals surface area contributed by atoms with Gasteiger partial charge in [-0.1, -0.05) is 27.7 Å². The van der Waals surface area contributed by atoms with Gasteiger partial charge in [-0.15, -0.1) is 0 Å². The number of aliphatic hydroxyl groups is 3. The molecule has 4 saturated heterocycles. The van der Waals surface area contributed by atoms with Gasteiger partial charge in [-0.05, 0) is 5.41 Å². The first-order valence-electron chi connectivity index (χ1n) is 10.2. The van der Waals surface area contributed by atoms with Crippen LogP contribution in [0.1, 0.15) is 27.7 Å². The predicted octanol–water partition coefficient (Wildman–Crippen LogP) is -1.51. The van der Waals surface area contributed by atoms with E-state index in [1.165, 1.54) is 0 Å². The highest BCUT2D eigenvalue weighted by Gasteiger charge is 3.01. The Morgan fingerprint density at radius 1 is 0.967 bits per heavy atom. The fraction of sp³-hybridized carbons (Fsp3) is 0.850. The number of hydrogen-bond donors (Lipinski definition) is 3. The van der Waals surface area contributed by atoms with Gasteiger partial charge in [0.25, 0.3) is 0 Å². The lowest BCUT2D eigenvalue weighted by Gasteiger charge is -2.47. The summed E-state index contributed by atoms with van der Waals surface area (Å²) in [7, 11) is 0. The summed E-state index contributed by atoms with van der Waals surface area (Å²) in [5, 5.41) is 34.2. The van der Waals surface area contributed by atoms with Crippen molar-refractivity contribution in [1.82, 2.24) is 0 Å². The van der Waals surface area contributed by atoms with Crippen molar-refractivity contribution in [2.45, 2.75) is 70.1 Å². The third-order valence-electron chi connectivity index (χ3n) is 8.76. The lowest BCUT2D eigenvalue weighted by atomic mass is 9.51. The van der Waals surface area contributed by atoms with Crippen molar-refractivity contribution in [3.05, 3.63) is 0 Å². The summed E-state index contributed by atoms with van der Waals surface area (Å²) in [5.74, 6) is -4.90. The molecule has 2 saturated carbocycles. The monoisotopic (exact) mass is 424 g/mol. The van der Waals surface area contributed by atoms with E-state index in [1.54, 1.807) is 6.92 Å². The number of rotatable bonds is 0. The third-order valence-corrected chi connectivity index (χ3v) is 8.76. The SMILES string of the molecule is C[C@H]1C(=O)OC2C(O)C34C5OC(=O)[C@]3(O[C@@H]3OC(=O)[C@H](O)C34C(C(C)(C)C)[C@H]5O)[C@H]21. The summed E-state index contributed by atoms with van der Waals surface area (Å²) in [4.78, 5) is 38.2. The maximum absolute atomic E-state index is 13.3. The highest BCUT2D eigenvalue weighted by Crippen LogP contribution is 2.83. The first kappa shape index (κ1) is 19.0. The first-order chi connectivity index (χ1) is 13.9. The van der Waals surface area contributed by atoms with E-state index < -0.39 is 94.3 Å². The van der Waals surface area contributed by atoms with E-state index in [9.17, 15) is 29.7 Å². The lowest BCUT2D eigenvalue weighted by Crippen LogP contribution is -2.63. The van der Waals surface area contributed by atoms with Gasteiger partial charge >= 0.3 is 17.9 Å². The minimum Gasteiger partial charge on any atom is -0.459 e. The normalized spacial score (nSPS) is 60.1. The van der Waals surface area contributed by atoms with Gasteiger partial charge in [0.2, 0.25) is 6.29 Å². The summed E-state index contributed by atoms with van der Waals surface area (Å²) in [6.45, 7) is 7.05. The van der Waals surface area contributed by atoms with Crippen LogP contribution in [0, 0.1) is 34.0 Å². The molecule has 3 N–H and O–H groups in total. The van der Waals surface area contributed by atoms with Crippen molar-refractivity contribution < 1.29 is 48.7 Å². The Kier molecular flexibility index (Phi) is 3.06. The zero-order chi connectivity index (χ0) is 21.8. The van der Waals surface area contributed by atoms with Gasteiger partial charge in [-0.25, -0.2) is 9.59 Å². The zero-order valence-electron chi connectivity index (χ0n) is 16.9. The van der Waals surface area contributed by atoms with E-state index >= 15 is 0 Å². The average Bonchev–Trinajstić information content (AvgIpc) is 3.34. The standard InChI is InChI=1S/C20H24O10/c1-5-6-8(27-13(5)24)10(22)19-12-7(21)9(17(2,3)4)18(19)11(23)14(25)29-16(18)30-20(6,19)15(26)28-12/h5-12,16,21-23H,1-4H3/t5-,6+,7-,8?,9?,10?,11+,12?,16+,18?,19?,20-/m1/s1. The molecule has 6 aliphatic rings. The summed E-state index contributed by atoms with van der Waals surface area (Å²) in [5.41, 5.74) is -5.96. The third kappa shape index (κ3) is 1.40. The number of hydrogen-bond acceptors (Lipinski definition) is 10. The lowest BCUT2D eigenvalue weighted by molar-refractivity contribution is -0.208. The van der Waals surface area contributed by atoms with E-state index in [-0.39, 0.29) is 0 Å².